The predicted octanol–water partition coefficient (Wildman–Crippen LogP) is 3.85. The van der Waals surface area contributed by atoms with Gasteiger partial charge in [-0.3, -0.25) is 4.79 Å². The SMILES string of the molecule is C[C@H](NC(=O)c1ccc2cc(OC(=O)c3ccc(N=C(N)N)cc3)ccc2n1)c1ccccc1. The summed E-state index contributed by atoms with van der Waals surface area (Å²) in [7, 11) is 0. The highest BCUT2D eigenvalue weighted by atomic mass is 16.5. The maximum absolute atomic E-state index is 12.7. The number of pyridine rings is 1. The topological polar surface area (TPSA) is 133 Å². The third-order valence-electron chi connectivity index (χ3n) is 5.11. The van der Waals surface area contributed by atoms with E-state index in [1.807, 2.05) is 37.3 Å². The summed E-state index contributed by atoms with van der Waals surface area (Å²) in [6, 6.07) is 24.4. The van der Waals surface area contributed by atoms with E-state index >= 15 is 0 Å². The quantitative estimate of drug-likeness (QED) is 0.176. The number of esters is 1. The lowest BCUT2D eigenvalue weighted by molar-refractivity contribution is 0.0734. The van der Waals surface area contributed by atoms with Crippen molar-refractivity contribution in [2.75, 3.05) is 0 Å². The first-order chi connectivity index (χ1) is 16.4. The van der Waals surface area contributed by atoms with Crippen molar-refractivity contribution in [1.29, 1.82) is 0 Å². The molecule has 0 radical (unpaired) electrons. The maximum atomic E-state index is 12.7. The van der Waals surface area contributed by atoms with Crippen LogP contribution in [-0.4, -0.2) is 22.8 Å². The molecule has 5 N–H and O–H groups in total. The van der Waals surface area contributed by atoms with Gasteiger partial charge in [-0.15, -0.1) is 0 Å². The molecule has 170 valence electrons. The molecular weight excluding hydrogens is 430 g/mol. The number of nitrogens with zero attached hydrogens (tertiary/aromatic N) is 2. The lowest BCUT2D eigenvalue weighted by Gasteiger charge is -2.14. The first kappa shape index (κ1) is 22.5. The molecule has 4 aromatic rings. The van der Waals surface area contributed by atoms with Crippen molar-refractivity contribution >= 4 is 34.4 Å². The number of aliphatic imine (C=N–C) groups is 1. The molecule has 4 rings (SSSR count). The number of hydrogen-bond donors (Lipinski definition) is 3. The Morgan fingerprint density at radius 1 is 0.941 bits per heavy atom. The molecule has 0 aliphatic heterocycles. The van der Waals surface area contributed by atoms with Crippen LogP contribution in [0, 0.1) is 0 Å². The Kier molecular flexibility index (Phi) is 6.49. The van der Waals surface area contributed by atoms with Gasteiger partial charge >= 0.3 is 5.97 Å². The van der Waals surface area contributed by atoms with E-state index < -0.39 is 5.97 Å². The minimum atomic E-state index is -0.519. The number of carbonyl (C=O) groups is 2. The zero-order valence-corrected chi connectivity index (χ0v) is 18.4. The number of rotatable bonds is 6. The van der Waals surface area contributed by atoms with Crippen LogP contribution < -0.4 is 21.5 Å². The van der Waals surface area contributed by atoms with Crippen LogP contribution in [0.15, 0.2) is 89.9 Å². The summed E-state index contributed by atoms with van der Waals surface area (Å²) < 4.78 is 5.48. The first-order valence-electron chi connectivity index (χ1n) is 10.6. The molecule has 8 heteroatoms. The molecule has 0 aliphatic rings. The summed E-state index contributed by atoms with van der Waals surface area (Å²) in [6.07, 6.45) is 0. The summed E-state index contributed by atoms with van der Waals surface area (Å²) in [5.74, 6) is -0.485. The van der Waals surface area contributed by atoms with Crippen LogP contribution in [0.2, 0.25) is 0 Å². The van der Waals surface area contributed by atoms with Crippen LogP contribution in [0.1, 0.15) is 39.4 Å². The second-order valence-electron chi connectivity index (χ2n) is 7.63. The summed E-state index contributed by atoms with van der Waals surface area (Å²) in [6.45, 7) is 1.92. The Morgan fingerprint density at radius 3 is 2.38 bits per heavy atom. The molecule has 0 unspecified atom stereocenters. The highest BCUT2D eigenvalue weighted by Gasteiger charge is 2.14. The van der Waals surface area contributed by atoms with Crippen LogP contribution >= 0.6 is 0 Å². The number of ether oxygens (including phenoxy) is 1. The van der Waals surface area contributed by atoms with Crippen LogP contribution in [-0.2, 0) is 0 Å². The molecule has 8 nitrogen and oxygen atoms in total. The summed E-state index contributed by atoms with van der Waals surface area (Å²) in [5.41, 5.74) is 13.5. The van der Waals surface area contributed by atoms with Gasteiger partial charge in [0.1, 0.15) is 11.4 Å². The van der Waals surface area contributed by atoms with E-state index in [1.54, 1.807) is 54.6 Å². The Balaban J connectivity index is 1.45. The van der Waals surface area contributed by atoms with E-state index in [0.29, 0.717) is 28.2 Å². The molecule has 0 saturated heterocycles. The standard InChI is InChI=1S/C26H23N5O3/c1-16(17-5-3-2-4-6-17)29-24(32)23-13-9-19-15-21(12-14-22(19)31-23)34-25(33)18-7-10-20(11-8-18)30-26(27)28/h2-16H,1H3,(H,29,32)(H4,27,28,30)/t16-/m0/s1. The van der Waals surface area contributed by atoms with Crippen LogP contribution in [0.25, 0.3) is 10.9 Å². The van der Waals surface area contributed by atoms with Gasteiger partial charge in [0.05, 0.1) is 22.8 Å². The second kappa shape index (κ2) is 9.83. The third-order valence-corrected chi connectivity index (χ3v) is 5.11. The minimum Gasteiger partial charge on any atom is -0.423 e. The number of aromatic nitrogens is 1. The fourth-order valence-electron chi connectivity index (χ4n) is 3.38. The van der Waals surface area contributed by atoms with E-state index in [2.05, 4.69) is 15.3 Å². The van der Waals surface area contributed by atoms with E-state index in [-0.39, 0.29) is 17.9 Å². The number of amides is 1. The highest BCUT2D eigenvalue weighted by molar-refractivity contribution is 5.96. The Labute approximate surface area is 196 Å². The van der Waals surface area contributed by atoms with E-state index in [0.717, 1.165) is 10.9 Å². The van der Waals surface area contributed by atoms with Gasteiger partial charge < -0.3 is 21.5 Å². The molecule has 1 heterocycles. The fourth-order valence-corrected chi connectivity index (χ4v) is 3.38. The highest BCUT2D eigenvalue weighted by Crippen LogP contribution is 2.22. The largest absolute Gasteiger partial charge is 0.423 e. The third kappa shape index (κ3) is 5.36. The van der Waals surface area contributed by atoms with Gasteiger partial charge in [-0.05, 0) is 61.0 Å². The molecule has 1 aromatic heterocycles. The average molecular weight is 454 g/mol. The molecule has 1 atom stereocenters. The number of guanidine groups is 1. The fraction of sp³-hybridized carbons (Fsp3) is 0.0769. The molecule has 0 spiro atoms. The Hall–Kier alpha value is -4.72. The Morgan fingerprint density at radius 2 is 1.68 bits per heavy atom. The normalized spacial score (nSPS) is 11.4. The summed E-state index contributed by atoms with van der Waals surface area (Å²) in [5, 5.41) is 3.69. The predicted molar refractivity (Wildman–Crippen MR) is 131 cm³/mol. The number of carbonyl (C=O) groups excluding carboxylic acids is 2. The first-order valence-corrected chi connectivity index (χ1v) is 10.6. The van der Waals surface area contributed by atoms with E-state index in [1.165, 1.54) is 0 Å². The van der Waals surface area contributed by atoms with Crippen LogP contribution in [0.4, 0.5) is 5.69 Å². The van der Waals surface area contributed by atoms with Crippen molar-refractivity contribution < 1.29 is 14.3 Å². The monoisotopic (exact) mass is 453 g/mol. The number of fused-ring (bicyclic) bond motifs is 1. The van der Waals surface area contributed by atoms with Gasteiger partial charge in [-0.25, -0.2) is 14.8 Å². The lowest BCUT2D eigenvalue weighted by Crippen LogP contribution is -2.27. The van der Waals surface area contributed by atoms with Crippen molar-refractivity contribution in [3.05, 3.63) is 102 Å². The number of nitrogens with two attached hydrogens (primary N) is 2. The van der Waals surface area contributed by atoms with Gasteiger partial charge in [0, 0.05) is 5.39 Å². The van der Waals surface area contributed by atoms with Gasteiger partial charge in [-0.2, -0.15) is 0 Å². The number of nitrogens with one attached hydrogen (secondary N) is 1. The zero-order chi connectivity index (χ0) is 24.1. The second-order valence-corrected chi connectivity index (χ2v) is 7.63. The van der Waals surface area contributed by atoms with Crippen molar-refractivity contribution in [3.8, 4) is 5.75 Å². The molecule has 0 bridgehead atoms. The maximum Gasteiger partial charge on any atom is 0.343 e. The van der Waals surface area contributed by atoms with Crippen LogP contribution in [0.5, 0.6) is 5.75 Å². The van der Waals surface area contributed by atoms with Crippen molar-refractivity contribution in [1.82, 2.24) is 10.3 Å². The molecule has 0 fully saturated rings. The van der Waals surface area contributed by atoms with Gasteiger partial charge in [0.15, 0.2) is 5.96 Å². The van der Waals surface area contributed by atoms with Crippen molar-refractivity contribution in [2.24, 2.45) is 16.5 Å². The van der Waals surface area contributed by atoms with Crippen molar-refractivity contribution in [2.45, 2.75) is 13.0 Å². The Bertz CT molecular complexity index is 1360. The average Bonchev–Trinajstić information content (AvgIpc) is 2.84. The number of benzene rings is 3. The van der Waals surface area contributed by atoms with E-state index in [9.17, 15) is 9.59 Å². The van der Waals surface area contributed by atoms with E-state index in [4.69, 9.17) is 16.2 Å². The van der Waals surface area contributed by atoms with Gasteiger partial charge in [0.2, 0.25) is 0 Å². The zero-order valence-electron chi connectivity index (χ0n) is 18.4. The molecular formula is C26H23N5O3. The van der Waals surface area contributed by atoms with Gasteiger partial charge in [0.25, 0.3) is 5.91 Å². The molecule has 0 aliphatic carbocycles. The molecule has 0 saturated carbocycles. The molecule has 34 heavy (non-hydrogen) atoms. The number of hydrogen-bond acceptors (Lipinski definition) is 5. The van der Waals surface area contributed by atoms with Crippen molar-refractivity contribution in [3.63, 3.8) is 0 Å². The van der Waals surface area contributed by atoms with Gasteiger partial charge in [-0.1, -0.05) is 36.4 Å². The minimum absolute atomic E-state index is 0.0635. The smallest absolute Gasteiger partial charge is 0.343 e. The summed E-state index contributed by atoms with van der Waals surface area (Å²) in [4.78, 5) is 33.5. The van der Waals surface area contributed by atoms with Crippen LogP contribution in [0.3, 0.4) is 0 Å². The molecule has 3 aromatic carbocycles. The summed E-state index contributed by atoms with van der Waals surface area (Å²) >= 11 is 0. The lowest BCUT2D eigenvalue weighted by atomic mass is 10.1. The molecule has 1 amide bonds.